The Balaban J connectivity index is 1.74. The van der Waals surface area contributed by atoms with E-state index in [0.29, 0.717) is 17.6 Å². The predicted octanol–water partition coefficient (Wildman–Crippen LogP) is 2.47. The van der Waals surface area contributed by atoms with Crippen LogP contribution >= 0.6 is 0 Å². The quantitative estimate of drug-likeness (QED) is 0.851. The maximum absolute atomic E-state index is 13.1. The molecule has 17 heavy (non-hydrogen) atoms. The fourth-order valence-electron chi connectivity index (χ4n) is 2.98. The molecule has 2 bridgehead atoms. The van der Waals surface area contributed by atoms with Crippen molar-refractivity contribution in [1.29, 1.82) is 0 Å². The molecule has 1 aromatic carbocycles. The number of hydrogen-bond donors (Lipinski definition) is 1. The van der Waals surface area contributed by atoms with Crippen molar-refractivity contribution in [1.82, 2.24) is 4.90 Å². The molecule has 3 saturated heterocycles. The molecule has 0 spiro atoms. The third kappa shape index (κ3) is 2.27. The van der Waals surface area contributed by atoms with Crippen molar-refractivity contribution >= 4 is 5.69 Å². The summed E-state index contributed by atoms with van der Waals surface area (Å²) in [7, 11) is 0. The first-order valence-corrected chi connectivity index (χ1v) is 6.16. The van der Waals surface area contributed by atoms with E-state index >= 15 is 0 Å². The van der Waals surface area contributed by atoms with Gasteiger partial charge in [0.15, 0.2) is 0 Å². The van der Waals surface area contributed by atoms with Crippen LogP contribution in [0.25, 0.3) is 0 Å². The molecule has 0 aromatic heterocycles. The molecule has 4 heteroatoms. The molecule has 92 valence electrons. The summed E-state index contributed by atoms with van der Waals surface area (Å²) in [5, 5.41) is 3.27. The first-order valence-electron chi connectivity index (χ1n) is 6.16. The Labute approximate surface area is 99.6 Å². The van der Waals surface area contributed by atoms with Gasteiger partial charge in [-0.3, -0.25) is 0 Å². The number of fused-ring (bicyclic) bond motifs is 3. The second-order valence-electron chi connectivity index (χ2n) is 5.05. The van der Waals surface area contributed by atoms with Crippen LogP contribution in [0.5, 0.6) is 0 Å². The molecule has 0 saturated carbocycles. The van der Waals surface area contributed by atoms with Crippen molar-refractivity contribution in [2.45, 2.75) is 18.9 Å². The van der Waals surface area contributed by atoms with Gasteiger partial charge in [0, 0.05) is 24.3 Å². The van der Waals surface area contributed by atoms with Crippen molar-refractivity contribution in [3.05, 3.63) is 29.8 Å². The van der Waals surface area contributed by atoms with Gasteiger partial charge in [-0.15, -0.1) is 0 Å². The molecule has 0 amide bonds. The smallest absolute Gasteiger partial charge is 0.128 e. The highest BCUT2D eigenvalue weighted by Gasteiger charge is 2.33. The summed E-state index contributed by atoms with van der Waals surface area (Å²) >= 11 is 0. The second kappa shape index (κ2) is 4.26. The third-order valence-electron chi connectivity index (χ3n) is 3.87. The van der Waals surface area contributed by atoms with E-state index in [0.717, 1.165) is 12.6 Å². The number of anilines is 1. The van der Waals surface area contributed by atoms with Crippen LogP contribution in [0.2, 0.25) is 0 Å². The van der Waals surface area contributed by atoms with Gasteiger partial charge in [0.05, 0.1) is 0 Å². The van der Waals surface area contributed by atoms with E-state index < -0.39 is 11.6 Å². The van der Waals surface area contributed by atoms with Crippen molar-refractivity contribution in [2.75, 3.05) is 25.0 Å². The van der Waals surface area contributed by atoms with Crippen LogP contribution in [-0.2, 0) is 0 Å². The molecular formula is C13H16F2N2. The number of hydrogen-bond acceptors (Lipinski definition) is 2. The molecular weight excluding hydrogens is 222 g/mol. The van der Waals surface area contributed by atoms with E-state index in [-0.39, 0.29) is 0 Å². The average Bonchev–Trinajstić information content (AvgIpc) is 2.29. The van der Waals surface area contributed by atoms with Crippen LogP contribution in [0.4, 0.5) is 14.5 Å². The fourth-order valence-corrected chi connectivity index (χ4v) is 2.98. The fraction of sp³-hybridized carbons (Fsp3) is 0.538. The molecule has 1 N–H and O–H groups in total. The molecule has 3 aliphatic heterocycles. The van der Waals surface area contributed by atoms with Gasteiger partial charge in [0.1, 0.15) is 11.6 Å². The highest BCUT2D eigenvalue weighted by molar-refractivity contribution is 5.45. The summed E-state index contributed by atoms with van der Waals surface area (Å²) in [6.45, 7) is 3.32. The maximum atomic E-state index is 13.1. The molecule has 3 heterocycles. The van der Waals surface area contributed by atoms with Gasteiger partial charge in [0.25, 0.3) is 0 Å². The lowest BCUT2D eigenvalue weighted by molar-refractivity contribution is 0.0975. The summed E-state index contributed by atoms with van der Waals surface area (Å²) in [5.74, 6) is -0.395. The van der Waals surface area contributed by atoms with Gasteiger partial charge in [-0.05, 0) is 44.0 Å². The van der Waals surface area contributed by atoms with Crippen LogP contribution in [0.1, 0.15) is 12.8 Å². The first kappa shape index (κ1) is 11.0. The number of nitrogens with zero attached hydrogens (tertiary/aromatic N) is 1. The van der Waals surface area contributed by atoms with Gasteiger partial charge in [-0.1, -0.05) is 0 Å². The molecule has 1 atom stereocenters. The highest BCUT2D eigenvalue weighted by atomic mass is 19.1. The van der Waals surface area contributed by atoms with Gasteiger partial charge < -0.3 is 10.2 Å². The van der Waals surface area contributed by atoms with Crippen LogP contribution in [0.15, 0.2) is 18.2 Å². The lowest BCUT2D eigenvalue weighted by Gasteiger charge is -2.45. The summed E-state index contributed by atoms with van der Waals surface area (Å²) in [6.07, 6.45) is 2.38. The minimum atomic E-state index is -0.520. The van der Waals surface area contributed by atoms with Crippen molar-refractivity contribution < 1.29 is 8.78 Å². The molecule has 4 rings (SSSR count). The van der Waals surface area contributed by atoms with E-state index in [1.807, 2.05) is 0 Å². The third-order valence-corrected chi connectivity index (χ3v) is 3.87. The van der Waals surface area contributed by atoms with Crippen molar-refractivity contribution in [3.8, 4) is 0 Å². The van der Waals surface area contributed by atoms with Gasteiger partial charge in [0.2, 0.25) is 0 Å². The van der Waals surface area contributed by atoms with Gasteiger partial charge >= 0.3 is 0 Å². The standard InChI is InChI=1S/C13H16F2N2/c14-10-5-11(15)7-12(6-10)16-13-8-17-3-1-9(13)2-4-17/h5-7,9,13,16H,1-4,8H2. The van der Waals surface area contributed by atoms with Gasteiger partial charge in [-0.2, -0.15) is 0 Å². The number of nitrogens with one attached hydrogen (secondary N) is 1. The van der Waals surface area contributed by atoms with Crippen molar-refractivity contribution in [2.24, 2.45) is 5.92 Å². The number of halogens is 2. The molecule has 0 radical (unpaired) electrons. The van der Waals surface area contributed by atoms with E-state index in [2.05, 4.69) is 10.2 Å². The Bertz CT molecular complexity index is 394. The number of piperidine rings is 3. The Morgan fingerprint density at radius 1 is 1.06 bits per heavy atom. The molecule has 3 aliphatic rings. The maximum Gasteiger partial charge on any atom is 0.128 e. The molecule has 1 aromatic rings. The minimum absolute atomic E-state index is 0.332. The lowest BCUT2D eigenvalue weighted by Crippen LogP contribution is -2.53. The highest BCUT2D eigenvalue weighted by Crippen LogP contribution is 2.29. The van der Waals surface area contributed by atoms with Gasteiger partial charge in [-0.25, -0.2) is 8.78 Å². The minimum Gasteiger partial charge on any atom is -0.381 e. The Morgan fingerprint density at radius 2 is 1.71 bits per heavy atom. The molecule has 3 fully saturated rings. The lowest BCUT2D eigenvalue weighted by atomic mass is 9.84. The topological polar surface area (TPSA) is 15.3 Å². The number of benzene rings is 1. The SMILES string of the molecule is Fc1cc(F)cc(NC2CN3CCC2CC3)c1. The Hall–Kier alpha value is -1.16. The summed E-state index contributed by atoms with van der Waals surface area (Å²) in [5.41, 5.74) is 0.557. The van der Waals surface area contributed by atoms with Crippen LogP contribution in [0.3, 0.4) is 0 Å². The van der Waals surface area contributed by atoms with E-state index in [1.54, 1.807) is 0 Å². The van der Waals surface area contributed by atoms with Crippen molar-refractivity contribution in [3.63, 3.8) is 0 Å². The zero-order chi connectivity index (χ0) is 11.8. The monoisotopic (exact) mass is 238 g/mol. The summed E-state index contributed by atoms with van der Waals surface area (Å²) in [4.78, 5) is 2.41. The van der Waals surface area contributed by atoms with Crippen LogP contribution in [-0.4, -0.2) is 30.6 Å². The Morgan fingerprint density at radius 3 is 2.24 bits per heavy atom. The van der Waals surface area contributed by atoms with Crippen LogP contribution < -0.4 is 5.32 Å². The average molecular weight is 238 g/mol. The zero-order valence-corrected chi connectivity index (χ0v) is 9.63. The molecule has 0 aliphatic carbocycles. The summed E-state index contributed by atoms with van der Waals surface area (Å²) in [6, 6.07) is 3.96. The number of rotatable bonds is 2. The molecule has 2 nitrogen and oxygen atoms in total. The second-order valence-corrected chi connectivity index (χ2v) is 5.05. The largest absolute Gasteiger partial charge is 0.381 e. The van der Waals surface area contributed by atoms with E-state index in [4.69, 9.17) is 0 Å². The normalized spacial score (nSPS) is 31.5. The predicted molar refractivity (Wildman–Crippen MR) is 62.9 cm³/mol. The first-order chi connectivity index (χ1) is 8.20. The Kier molecular flexibility index (Phi) is 2.74. The van der Waals surface area contributed by atoms with E-state index in [1.165, 1.54) is 38.1 Å². The molecule has 1 unspecified atom stereocenters. The van der Waals surface area contributed by atoms with E-state index in [9.17, 15) is 8.78 Å². The summed E-state index contributed by atoms with van der Waals surface area (Å²) < 4.78 is 26.2. The zero-order valence-electron chi connectivity index (χ0n) is 9.63. The van der Waals surface area contributed by atoms with Crippen LogP contribution in [0, 0.1) is 17.6 Å².